The first kappa shape index (κ1) is 20.4. The highest BCUT2D eigenvalue weighted by molar-refractivity contribution is 6.11. The average Bonchev–Trinajstić information content (AvgIpc) is 3.15. The van der Waals surface area contributed by atoms with Crippen LogP contribution in [0.5, 0.6) is 0 Å². The summed E-state index contributed by atoms with van der Waals surface area (Å²) in [6, 6.07) is 18.2. The van der Waals surface area contributed by atoms with Gasteiger partial charge in [0.1, 0.15) is 6.04 Å². The third-order valence-electron chi connectivity index (χ3n) is 6.61. The number of rotatable bonds is 5. The Morgan fingerprint density at radius 1 is 1.00 bits per heavy atom. The number of carbonyl (C=O) groups is 3. The summed E-state index contributed by atoms with van der Waals surface area (Å²) in [7, 11) is 0. The van der Waals surface area contributed by atoms with Gasteiger partial charge in [-0.2, -0.15) is 0 Å². The normalized spacial score (nSPS) is 19.5. The number of anilines is 1. The third-order valence-corrected chi connectivity index (χ3v) is 6.61. The Kier molecular flexibility index (Phi) is 5.25. The zero-order chi connectivity index (χ0) is 22.2. The molecular weight excluding hydrogens is 400 g/mol. The first-order valence-corrected chi connectivity index (χ1v) is 11.3. The van der Waals surface area contributed by atoms with E-state index < -0.39 is 12.1 Å². The van der Waals surface area contributed by atoms with Gasteiger partial charge in [0.15, 0.2) is 5.78 Å². The molecule has 0 fully saturated rings. The number of benzene rings is 3. The van der Waals surface area contributed by atoms with E-state index >= 15 is 0 Å². The van der Waals surface area contributed by atoms with Crippen molar-refractivity contribution in [1.29, 1.82) is 0 Å². The second kappa shape index (κ2) is 8.23. The molecule has 162 valence electrons. The van der Waals surface area contributed by atoms with Gasteiger partial charge in [0.25, 0.3) is 5.91 Å². The molecule has 32 heavy (non-hydrogen) atoms. The molecule has 2 aliphatic rings. The highest BCUT2D eigenvalue weighted by Crippen LogP contribution is 2.39. The zero-order valence-electron chi connectivity index (χ0n) is 18.1. The standard InChI is InChI=1S/C27H26N2O3/c1-2-7-24(30)23-16-19-11-5-10-18-14-15-22(27(32)29(23)25(18)19)28-26(31)21-13-6-9-17-8-3-4-12-20(17)21/h3-6,8-13,22-23H,2,7,14-16H2,1H3,(H,28,31). The molecule has 5 rings (SSSR count). The van der Waals surface area contributed by atoms with Gasteiger partial charge in [-0.15, -0.1) is 0 Å². The average molecular weight is 427 g/mol. The Bertz CT molecular complexity index is 1230. The predicted octanol–water partition coefficient (Wildman–Crippen LogP) is 4.21. The molecule has 5 nitrogen and oxygen atoms in total. The van der Waals surface area contributed by atoms with E-state index in [0.717, 1.165) is 34.0 Å². The molecule has 2 amide bonds. The van der Waals surface area contributed by atoms with Gasteiger partial charge in [-0.25, -0.2) is 0 Å². The molecule has 0 radical (unpaired) electrons. The summed E-state index contributed by atoms with van der Waals surface area (Å²) in [6.07, 6.45) is 2.95. The third kappa shape index (κ3) is 3.38. The van der Waals surface area contributed by atoms with Crippen LogP contribution in [0.4, 0.5) is 5.69 Å². The van der Waals surface area contributed by atoms with Crippen LogP contribution in [0, 0.1) is 0 Å². The number of carbonyl (C=O) groups excluding carboxylic acids is 3. The van der Waals surface area contributed by atoms with Crippen molar-refractivity contribution in [3.8, 4) is 0 Å². The van der Waals surface area contributed by atoms with E-state index in [-0.39, 0.29) is 17.6 Å². The minimum absolute atomic E-state index is 0.0871. The van der Waals surface area contributed by atoms with Gasteiger partial charge in [0.2, 0.25) is 5.91 Å². The lowest BCUT2D eigenvalue weighted by Crippen LogP contribution is -2.52. The molecule has 3 aromatic carbocycles. The summed E-state index contributed by atoms with van der Waals surface area (Å²) >= 11 is 0. The summed E-state index contributed by atoms with van der Waals surface area (Å²) in [5, 5.41) is 4.83. The Labute approximate surface area is 187 Å². The maximum atomic E-state index is 13.7. The Morgan fingerprint density at radius 3 is 2.59 bits per heavy atom. The summed E-state index contributed by atoms with van der Waals surface area (Å²) in [5.74, 6) is -0.359. The van der Waals surface area contributed by atoms with Crippen LogP contribution in [0.15, 0.2) is 60.7 Å². The molecule has 2 aliphatic heterocycles. The van der Waals surface area contributed by atoms with Gasteiger partial charge in [0, 0.05) is 18.4 Å². The molecule has 5 heteroatoms. The molecule has 0 bridgehead atoms. The SMILES string of the molecule is CCCC(=O)C1Cc2cccc3c2N1C(=O)C(NC(=O)c1cccc2ccccc12)CC3. The minimum atomic E-state index is -0.670. The number of Topliss-reactive ketones (excluding diaryl/α,β-unsaturated/α-hetero) is 1. The van der Waals surface area contributed by atoms with Crippen molar-refractivity contribution in [3.63, 3.8) is 0 Å². The fourth-order valence-electron chi connectivity index (χ4n) is 5.09. The number of fused-ring (bicyclic) bond motifs is 1. The van der Waals surface area contributed by atoms with Gasteiger partial charge in [-0.05, 0) is 47.2 Å². The molecule has 2 atom stereocenters. The molecule has 0 spiro atoms. The molecule has 3 aromatic rings. The fourth-order valence-corrected chi connectivity index (χ4v) is 5.09. The predicted molar refractivity (Wildman–Crippen MR) is 125 cm³/mol. The van der Waals surface area contributed by atoms with Crippen molar-refractivity contribution in [1.82, 2.24) is 5.32 Å². The van der Waals surface area contributed by atoms with Crippen LogP contribution in [-0.2, 0) is 22.4 Å². The molecule has 0 saturated carbocycles. The second-order valence-corrected chi connectivity index (χ2v) is 8.66. The van der Waals surface area contributed by atoms with Crippen molar-refractivity contribution >= 4 is 34.1 Å². The second-order valence-electron chi connectivity index (χ2n) is 8.66. The highest BCUT2D eigenvalue weighted by Gasteiger charge is 2.43. The first-order valence-electron chi connectivity index (χ1n) is 11.3. The topological polar surface area (TPSA) is 66.5 Å². The summed E-state index contributed by atoms with van der Waals surface area (Å²) in [4.78, 5) is 41.5. The molecule has 0 aliphatic carbocycles. The van der Waals surface area contributed by atoms with E-state index in [9.17, 15) is 14.4 Å². The van der Waals surface area contributed by atoms with Gasteiger partial charge < -0.3 is 5.32 Å². The number of ketones is 1. The molecule has 1 N–H and O–H groups in total. The summed E-state index contributed by atoms with van der Waals surface area (Å²) in [6.45, 7) is 1.98. The smallest absolute Gasteiger partial charge is 0.252 e. The number of aryl methyl sites for hydroxylation is 1. The van der Waals surface area contributed by atoms with Crippen molar-refractivity contribution in [2.24, 2.45) is 0 Å². The number of nitrogens with one attached hydrogen (secondary N) is 1. The zero-order valence-corrected chi connectivity index (χ0v) is 18.1. The minimum Gasteiger partial charge on any atom is -0.340 e. The lowest BCUT2D eigenvalue weighted by molar-refractivity contribution is -0.125. The molecule has 0 saturated heterocycles. The largest absolute Gasteiger partial charge is 0.340 e. The Balaban J connectivity index is 1.47. The number of para-hydroxylation sites is 1. The van der Waals surface area contributed by atoms with Crippen molar-refractivity contribution in [2.75, 3.05) is 4.90 Å². The number of hydrogen-bond donors (Lipinski definition) is 1. The van der Waals surface area contributed by atoms with Crippen LogP contribution in [0.1, 0.15) is 47.7 Å². The van der Waals surface area contributed by atoms with Crippen molar-refractivity contribution < 1.29 is 14.4 Å². The summed E-state index contributed by atoms with van der Waals surface area (Å²) < 4.78 is 0. The molecular formula is C27H26N2O3. The number of nitrogens with zero attached hydrogens (tertiary/aromatic N) is 1. The maximum absolute atomic E-state index is 13.7. The van der Waals surface area contributed by atoms with E-state index in [4.69, 9.17) is 0 Å². The van der Waals surface area contributed by atoms with Crippen LogP contribution in [0.2, 0.25) is 0 Å². The Hall–Kier alpha value is -3.47. The number of hydrogen-bond acceptors (Lipinski definition) is 3. The lowest BCUT2D eigenvalue weighted by Gasteiger charge is -2.28. The van der Waals surface area contributed by atoms with E-state index in [1.807, 2.05) is 61.5 Å². The van der Waals surface area contributed by atoms with Crippen molar-refractivity contribution in [3.05, 3.63) is 77.4 Å². The van der Waals surface area contributed by atoms with E-state index in [1.165, 1.54) is 0 Å². The monoisotopic (exact) mass is 426 g/mol. The first-order chi connectivity index (χ1) is 15.6. The van der Waals surface area contributed by atoms with Crippen LogP contribution < -0.4 is 10.2 Å². The van der Waals surface area contributed by atoms with E-state index in [2.05, 4.69) is 5.32 Å². The van der Waals surface area contributed by atoms with Crippen LogP contribution in [-0.4, -0.2) is 29.7 Å². The quantitative estimate of drug-likeness (QED) is 0.665. The highest BCUT2D eigenvalue weighted by atomic mass is 16.2. The van der Waals surface area contributed by atoms with Gasteiger partial charge in [-0.3, -0.25) is 19.3 Å². The Morgan fingerprint density at radius 2 is 1.75 bits per heavy atom. The molecule has 2 unspecified atom stereocenters. The van der Waals surface area contributed by atoms with Crippen LogP contribution in [0.25, 0.3) is 10.8 Å². The van der Waals surface area contributed by atoms with E-state index in [1.54, 1.807) is 11.0 Å². The van der Waals surface area contributed by atoms with Crippen molar-refractivity contribution in [2.45, 2.75) is 51.1 Å². The van der Waals surface area contributed by atoms with Gasteiger partial charge in [-0.1, -0.05) is 61.5 Å². The van der Waals surface area contributed by atoms with Crippen LogP contribution >= 0.6 is 0 Å². The summed E-state index contributed by atoms with van der Waals surface area (Å²) in [5.41, 5.74) is 3.56. The fraction of sp³-hybridized carbons (Fsp3) is 0.296. The van der Waals surface area contributed by atoms with E-state index in [0.29, 0.717) is 31.2 Å². The number of amides is 2. The van der Waals surface area contributed by atoms with Gasteiger partial charge >= 0.3 is 0 Å². The lowest BCUT2D eigenvalue weighted by atomic mass is 9.99. The van der Waals surface area contributed by atoms with Gasteiger partial charge in [0.05, 0.1) is 11.7 Å². The molecule has 2 heterocycles. The molecule has 0 aromatic heterocycles. The van der Waals surface area contributed by atoms with Crippen LogP contribution in [0.3, 0.4) is 0 Å². The maximum Gasteiger partial charge on any atom is 0.252 e.